The van der Waals surface area contributed by atoms with Crippen molar-refractivity contribution in [1.82, 2.24) is 9.47 Å². The molecule has 0 radical (unpaired) electrons. The summed E-state index contributed by atoms with van der Waals surface area (Å²) in [5.74, 6) is -0.268. The second kappa shape index (κ2) is 6.32. The van der Waals surface area contributed by atoms with Crippen LogP contribution >= 0.6 is 0 Å². The minimum Gasteiger partial charge on any atom is -0.465 e. The Balaban J connectivity index is 2.03. The fraction of sp³-hybridized carbons (Fsp3) is 0.412. The topological polar surface area (TPSA) is 71.8 Å². The molecule has 0 aliphatic carbocycles. The van der Waals surface area contributed by atoms with Gasteiger partial charge in [-0.05, 0) is 25.0 Å². The van der Waals surface area contributed by atoms with E-state index in [-0.39, 0.29) is 12.5 Å². The number of benzene rings is 1. The van der Waals surface area contributed by atoms with E-state index >= 15 is 0 Å². The number of para-hydroxylation sites is 1. The Bertz CT molecular complexity index is 750. The molecule has 1 aliphatic rings. The highest BCUT2D eigenvalue weighted by molar-refractivity contribution is 5.87. The van der Waals surface area contributed by atoms with Crippen LogP contribution in [-0.4, -0.2) is 46.3 Å². The van der Waals surface area contributed by atoms with Gasteiger partial charge >= 0.3 is 12.1 Å². The van der Waals surface area contributed by atoms with E-state index < -0.39 is 6.09 Å². The molecule has 1 amide bonds. The average molecular weight is 316 g/mol. The lowest BCUT2D eigenvalue weighted by atomic mass is 10.1. The van der Waals surface area contributed by atoms with E-state index in [4.69, 9.17) is 4.74 Å². The number of hydrogen-bond donors (Lipinski definition) is 1. The highest BCUT2D eigenvalue weighted by atomic mass is 16.5. The third kappa shape index (κ3) is 2.88. The molecule has 1 aliphatic heterocycles. The van der Waals surface area contributed by atoms with Gasteiger partial charge in [0, 0.05) is 36.1 Å². The summed E-state index contributed by atoms with van der Waals surface area (Å²) in [6.07, 6.45) is 0.379. The molecule has 1 aromatic carbocycles. The minimum absolute atomic E-state index is 0.163. The van der Waals surface area contributed by atoms with Gasteiger partial charge in [-0.1, -0.05) is 18.2 Å². The largest absolute Gasteiger partial charge is 0.465 e. The zero-order chi connectivity index (χ0) is 16.4. The lowest BCUT2D eigenvalue weighted by Crippen LogP contribution is -2.31. The minimum atomic E-state index is -0.892. The number of aromatic nitrogens is 1. The highest BCUT2D eigenvalue weighted by Crippen LogP contribution is 2.29. The molecular formula is C17H20N2O4. The van der Waals surface area contributed by atoms with Crippen molar-refractivity contribution in [2.75, 3.05) is 19.7 Å². The number of carboxylic acid groups (broad SMARTS) is 1. The highest BCUT2D eigenvalue weighted by Gasteiger charge is 2.24. The quantitative estimate of drug-likeness (QED) is 0.882. The first-order valence-corrected chi connectivity index (χ1v) is 7.84. The zero-order valence-electron chi connectivity index (χ0n) is 13.1. The number of ether oxygens (including phenoxy) is 1. The molecule has 3 rings (SSSR count). The summed E-state index contributed by atoms with van der Waals surface area (Å²) >= 11 is 0. The van der Waals surface area contributed by atoms with Crippen molar-refractivity contribution in [1.29, 1.82) is 0 Å². The number of esters is 1. The molecule has 0 bridgehead atoms. The van der Waals surface area contributed by atoms with Crippen LogP contribution in [0.4, 0.5) is 4.79 Å². The van der Waals surface area contributed by atoms with Crippen LogP contribution < -0.4 is 0 Å². The Labute approximate surface area is 134 Å². The molecule has 0 fully saturated rings. The van der Waals surface area contributed by atoms with Gasteiger partial charge in [0.15, 0.2) is 0 Å². The summed E-state index contributed by atoms with van der Waals surface area (Å²) in [6.45, 7) is 3.23. The van der Waals surface area contributed by atoms with Crippen molar-refractivity contribution in [3.05, 3.63) is 35.5 Å². The maximum Gasteiger partial charge on any atom is 0.407 e. The Hall–Kier alpha value is -2.50. The Morgan fingerprint density at radius 3 is 2.70 bits per heavy atom. The summed E-state index contributed by atoms with van der Waals surface area (Å²) in [5, 5.41) is 10.3. The third-order valence-corrected chi connectivity index (χ3v) is 4.31. The first-order chi connectivity index (χ1) is 11.1. The summed E-state index contributed by atoms with van der Waals surface area (Å²) in [6, 6.07) is 7.95. The zero-order valence-corrected chi connectivity index (χ0v) is 13.1. The van der Waals surface area contributed by atoms with E-state index in [2.05, 4.69) is 0 Å². The lowest BCUT2D eigenvalue weighted by molar-refractivity contribution is -0.143. The number of fused-ring (bicyclic) bond motifs is 3. The normalized spacial score (nSPS) is 14.4. The van der Waals surface area contributed by atoms with Crippen LogP contribution in [0.1, 0.15) is 18.2 Å². The first kappa shape index (κ1) is 15.4. The van der Waals surface area contributed by atoms with E-state index in [1.54, 1.807) is 6.92 Å². The van der Waals surface area contributed by atoms with Crippen LogP contribution in [0.3, 0.4) is 0 Å². The molecule has 0 unspecified atom stereocenters. The fourth-order valence-corrected chi connectivity index (χ4v) is 3.30. The number of rotatable bonds is 3. The Kier molecular flexibility index (Phi) is 4.23. The summed E-state index contributed by atoms with van der Waals surface area (Å²) < 4.78 is 7.06. The smallest absolute Gasteiger partial charge is 0.407 e. The van der Waals surface area contributed by atoms with Crippen molar-refractivity contribution in [3.63, 3.8) is 0 Å². The Morgan fingerprint density at radius 2 is 1.96 bits per heavy atom. The molecule has 2 aromatic rings. The molecule has 0 atom stereocenters. The van der Waals surface area contributed by atoms with Gasteiger partial charge in [-0.3, -0.25) is 4.79 Å². The van der Waals surface area contributed by atoms with Gasteiger partial charge in [-0.2, -0.15) is 0 Å². The number of carbonyl (C=O) groups excluding carboxylic acids is 1. The van der Waals surface area contributed by atoms with E-state index in [0.717, 1.165) is 22.2 Å². The van der Waals surface area contributed by atoms with Crippen molar-refractivity contribution in [3.8, 4) is 0 Å². The van der Waals surface area contributed by atoms with Crippen LogP contribution in [0, 0.1) is 0 Å². The van der Waals surface area contributed by atoms with Crippen molar-refractivity contribution in [2.24, 2.45) is 0 Å². The van der Waals surface area contributed by atoms with E-state index in [1.165, 1.54) is 4.90 Å². The second-order valence-electron chi connectivity index (χ2n) is 5.60. The van der Waals surface area contributed by atoms with Gasteiger partial charge in [0.1, 0.15) is 6.54 Å². The van der Waals surface area contributed by atoms with Crippen LogP contribution in [0.15, 0.2) is 24.3 Å². The summed E-state index contributed by atoms with van der Waals surface area (Å²) in [7, 11) is 0. The monoisotopic (exact) mass is 316 g/mol. The van der Waals surface area contributed by atoms with Crippen molar-refractivity contribution in [2.45, 2.75) is 26.3 Å². The molecule has 0 spiro atoms. The molecule has 2 heterocycles. The lowest BCUT2D eigenvalue weighted by Gasteiger charge is -2.16. The number of nitrogens with zero attached hydrogens (tertiary/aromatic N) is 2. The van der Waals surface area contributed by atoms with E-state index in [1.807, 2.05) is 28.8 Å². The molecule has 122 valence electrons. The molecule has 1 aromatic heterocycles. The first-order valence-electron chi connectivity index (χ1n) is 7.84. The van der Waals surface area contributed by atoms with Crippen LogP contribution in [0.2, 0.25) is 0 Å². The molecular weight excluding hydrogens is 296 g/mol. The number of carbonyl (C=O) groups is 2. The predicted molar refractivity (Wildman–Crippen MR) is 85.6 cm³/mol. The molecule has 1 N–H and O–H groups in total. The van der Waals surface area contributed by atoms with Crippen LogP contribution in [0.5, 0.6) is 0 Å². The van der Waals surface area contributed by atoms with E-state index in [0.29, 0.717) is 32.5 Å². The van der Waals surface area contributed by atoms with Gasteiger partial charge in [-0.25, -0.2) is 4.79 Å². The predicted octanol–water partition coefficient (Wildman–Crippen LogP) is 2.28. The average Bonchev–Trinajstić information content (AvgIpc) is 2.69. The van der Waals surface area contributed by atoms with Gasteiger partial charge in [-0.15, -0.1) is 0 Å². The fourth-order valence-electron chi connectivity index (χ4n) is 3.30. The van der Waals surface area contributed by atoms with Gasteiger partial charge in [0.25, 0.3) is 0 Å². The SMILES string of the molecule is CCOC(=O)Cn1c2c(c3ccccc31)CCN(C(=O)O)CC2. The third-order valence-electron chi connectivity index (χ3n) is 4.31. The molecule has 0 saturated carbocycles. The van der Waals surface area contributed by atoms with Gasteiger partial charge < -0.3 is 19.3 Å². The molecule has 6 heteroatoms. The van der Waals surface area contributed by atoms with Gasteiger partial charge in [0.05, 0.1) is 6.61 Å². The number of hydrogen-bond acceptors (Lipinski definition) is 3. The van der Waals surface area contributed by atoms with Crippen LogP contribution in [-0.2, 0) is 28.9 Å². The Morgan fingerprint density at radius 1 is 1.22 bits per heavy atom. The maximum atomic E-state index is 12.0. The van der Waals surface area contributed by atoms with Crippen molar-refractivity contribution >= 4 is 23.0 Å². The molecule has 6 nitrogen and oxygen atoms in total. The molecule has 23 heavy (non-hydrogen) atoms. The number of amides is 1. The molecule has 0 saturated heterocycles. The standard InChI is InChI=1S/C17H20N2O4/c1-2-23-16(20)11-19-14-6-4-3-5-12(14)13-7-9-18(17(21)22)10-8-15(13)19/h3-6H,2,7-11H2,1H3,(H,21,22). The van der Waals surface area contributed by atoms with Gasteiger partial charge in [0.2, 0.25) is 0 Å². The van der Waals surface area contributed by atoms with Crippen LogP contribution in [0.25, 0.3) is 10.9 Å². The van der Waals surface area contributed by atoms with Crippen molar-refractivity contribution < 1.29 is 19.4 Å². The van der Waals surface area contributed by atoms with E-state index in [9.17, 15) is 14.7 Å². The summed E-state index contributed by atoms with van der Waals surface area (Å²) in [5.41, 5.74) is 3.20. The summed E-state index contributed by atoms with van der Waals surface area (Å²) in [4.78, 5) is 24.6. The maximum absolute atomic E-state index is 12.0. The second-order valence-corrected chi connectivity index (χ2v) is 5.60.